The Morgan fingerprint density at radius 1 is 1.08 bits per heavy atom. The molecule has 0 aliphatic heterocycles. The van der Waals surface area contributed by atoms with Gasteiger partial charge in [-0.05, 0) is 79.0 Å². The molecule has 1 aliphatic rings. The molecule has 2 aromatic carbocycles. The second-order valence-corrected chi connectivity index (χ2v) is 6.12. The Morgan fingerprint density at radius 3 is 2.64 bits per heavy atom. The number of carbonyl (C=O) groups is 1. The van der Waals surface area contributed by atoms with E-state index in [1.165, 1.54) is 29.7 Å². The lowest BCUT2D eigenvalue weighted by atomic mass is 10.1. The molecule has 0 fully saturated rings. The van der Waals surface area contributed by atoms with E-state index in [-0.39, 0.29) is 23.4 Å². The highest BCUT2D eigenvalue weighted by Crippen LogP contribution is 2.25. The fourth-order valence-corrected chi connectivity index (χ4v) is 2.81. The summed E-state index contributed by atoms with van der Waals surface area (Å²) in [6.07, 6.45) is 3.34. The fraction of sp³-hybridized carbons (Fsp3) is 0.222. The summed E-state index contributed by atoms with van der Waals surface area (Å²) in [5, 5.41) is 3.02. The van der Waals surface area contributed by atoms with Gasteiger partial charge in [-0.2, -0.15) is 0 Å². The van der Waals surface area contributed by atoms with Crippen molar-refractivity contribution in [2.45, 2.75) is 19.3 Å². The van der Waals surface area contributed by atoms with E-state index in [0.717, 1.165) is 12.8 Å². The highest BCUT2D eigenvalue weighted by Gasteiger charge is 2.12. The Hall–Kier alpha value is -2.67. The molecule has 0 saturated carbocycles. The molecule has 0 saturated heterocycles. The third-order valence-corrected chi connectivity index (χ3v) is 4.06. The summed E-state index contributed by atoms with van der Waals surface area (Å²) >= 11 is 5.05. The first-order valence-electron chi connectivity index (χ1n) is 7.96. The van der Waals surface area contributed by atoms with Crippen LogP contribution in [0.5, 0.6) is 5.75 Å². The van der Waals surface area contributed by atoms with E-state index in [2.05, 4.69) is 22.2 Å². The molecular formula is C18H18FN3O2S. The number of benzene rings is 2. The molecule has 0 unspecified atom stereocenters. The van der Waals surface area contributed by atoms with E-state index in [4.69, 9.17) is 17.0 Å². The standard InChI is InChI=1S/C18H18FN3O2S/c19-14-5-7-15(8-6-14)20-18(25)22-21-17(23)11-24-16-9-4-12-2-1-3-13(12)10-16/h4-10H,1-3,11H2,(H,21,23)(H2,20,22,25). The monoisotopic (exact) mass is 359 g/mol. The van der Waals surface area contributed by atoms with E-state index in [1.807, 2.05) is 12.1 Å². The summed E-state index contributed by atoms with van der Waals surface area (Å²) in [7, 11) is 0. The molecule has 130 valence electrons. The molecule has 0 bridgehead atoms. The zero-order chi connectivity index (χ0) is 17.6. The highest BCUT2D eigenvalue weighted by atomic mass is 32.1. The van der Waals surface area contributed by atoms with E-state index >= 15 is 0 Å². The van der Waals surface area contributed by atoms with Crippen molar-refractivity contribution in [2.75, 3.05) is 11.9 Å². The number of thiocarbonyl (C=S) groups is 1. The minimum atomic E-state index is -0.358. The van der Waals surface area contributed by atoms with Crippen LogP contribution in [-0.2, 0) is 17.6 Å². The van der Waals surface area contributed by atoms with Crippen LogP contribution in [0.2, 0.25) is 0 Å². The normalized spacial score (nSPS) is 12.2. The number of halogens is 1. The lowest BCUT2D eigenvalue weighted by Crippen LogP contribution is -2.45. The molecule has 1 amide bonds. The molecule has 0 radical (unpaired) electrons. The maximum Gasteiger partial charge on any atom is 0.276 e. The van der Waals surface area contributed by atoms with Gasteiger partial charge in [0, 0.05) is 5.69 Å². The summed E-state index contributed by atoms with van der Waals surface area (Å²) in [5.74, 6) is -0.00648. The van der Waals surface area contributed by atoms with Gasteiger partial charge in [-0.1, -0.05) is 6.07 Å². The largest absolute Gasteiger partial charge is 0.484 e. The number of fused-ring (bicyclic) bond motifs is 1. The predicted molar refractivity (Wildman–Crippen MR) is 97.9 cm³/mol. The van der Waals surface area contributed by atoms with Crippen LogP contribution in [0.3, 0.4) is 0 Å². The minimum absolute atomic E-state index is 0.120. The number of carbonyl (C=O) groups excluding carboxylic acids is 1. The number of hydrogen-bond donors (Lipinski definition) is 3. The van der Waals surface area contributed by atoms with Gasteiger partial charge in [0.1, 0.15) is 11.6 Å². The summed E-state index contributed by atoms with van der Waals surface area (Å²) in [6.45, 7) is -0.120. The van der Waals surface area contributed by atoms with E-state index in [0.29, 0.717) is 11.4 Å². The zero-order valence-electron chi connectivity index (χ0n) is 13.5. The number of nitrogens with one attached hydrogen (secondary N) is 3. The first-order chi connectivity index (χ1) is 12.1. The minimum Gasteiger partial charge on any atom is -0.484 e. The SMILES string of the molecule is O=C(COc1ccc2c(c1)CCC2)NNC(=S)Nc1ccc(F)cc1. The third-order valence-electron chi connectivity index (χ3n) is 3.86. The summed E-state index contributed by atoms with van der Waals surface area (Å²) in [6, 6.07) is 11.6. The van der Waals surface area contributed by atoms with E-state index in [9.17, 15) is 9.18 Å². The molecule has 0 aromatic heterocycles. The van der Waals surface area contributed by atoms with E-state index in [1.54, 1.807) is 12.1 Å². The Kier molecular flexibility index (Phi) is 5.45. The first kappa shape index (κ1) is 17.2. The number of hydrogen-bond acceptors (Lipinski definition) is 3. The predicted octanol–water partition coefficient (Wildman–Crippen LogP) is 2.71. The van der Waals surface area contributed by atoms with Gasteiger partial charge in [-0.25, -0.2) is 4.39 Å². The third kappa shape index (κ3) is 4.90. The van der Waals surface area contributed by atoms with Gasteiger partial charge in [-0.3, -0.25) is 15.6 Å². The Balaban J connectivity index is 1.40. The summed E-state index contributed by atoms with van der Waals surface area (Å²) in [4.78, 5) is 11.8. The average molecular weight is 359 g/mol. The van der Waals surface area contributed by atoms with Crippen molar-refractivity contribution in [3.8, 4) is 5.75 Å². The van der Waals surface area contributed by atoms with Crippen LogP contribution >= 0.6 is 12.2 Å². The van der Waals surface area contributed by atoms with Crippen molar-refractivity contribution < 1.29 is 13.9 Å². The van der Waals surface area contributed by atoms with Gasteiger partial charge in [-0.15, -0.1) is 0 Å². The van der Waals surface area contributed by atoms with Gasteiger partial charge in [0.2, 0.25) is 0 Å². The average Bonchev–Trinajstić information content (AvgIpc) is 3.08. The summed E-state index contributed by atoms with van der Waals surface area (Å²) < 4.78 is 18.3. The molecule has 3 N–H and O–H groups in total. The molecule has 7 heteroatoms. The van der Waals surface area contributed by atoms with Gasteiger partial charge in [0.05, 0.1) is 0 Å². The van der Waals surface area contributed by atoms with Crippen molar-refractivity contribution in [3.05, 3.63) is 59.4 Å². The molecule has 1 aliphatic carbocycles. The lowest BCUT2D eigenvalue weighted by molar-refractivity contribution is -0.123. The molecule has 3 rings (SSSR count). The number of amides is 1. The maximum absolute atomic E-state index is 12.8. The van der Waals surface area contributed by atoms with Crippen molar-refractivity contribution in [1.82, 2.24) is 10.9 Å². The quantitative estimate of drug-likeness (QED) is 0.579. The number of hydrazine groups is 1. The van der Waals surface area contributed by atoms with Gasteiger partial charge < -0.3 is 10.1 Å². The van der Waals surface area contributed by atoms with Crippen LogP contribution in [0.1, 0.15) is 17.5 Å². The first-order valence-corrected chi connectivity index (χ1v) is 8.37. The van der Waals surface area contributed by atoms with Crippen molar-refractivity contribution in [2.24, 2.45) is 0 Å². The smallest absolute Gasteiger partial charge is 0.276 e. The number of rotatable bonds is 4. The molecule has 0 atom stereocenters. The van der Waals surface area contributed by atoms with Crippen LogP contribution in [0.4, 0.5) is 10.1 Å². The van der Waals surface area contributed by atoms with Gasteiger partial charge in [0.15, 0.2) is 11.7 Å². The topological polar surface area (TPSA) is 62.4 Å². The molecule has 0 spiro atoms. The second-order valence-electron chi connectivity index (χ2n) is 5.71. The van der Waals surface area contributed by atoms with Crippen molar-refractivity contribution in [3.63, 3.8) is 0 Å². The molecule has 0 heterocycles. The highest BCUT2D eigenvalue weighted by molar-refractivity contribution is 7.80. The van der Waals surface area contributed by atoms with E-state index < -0.39 is 0 Å². The number of anilines is 1. The van der Waals surface area contributed by atoms with Crippen LogP contribution in [-0.4, -0.2) is 17.6 Å². The van der Waals surface area contributed by atoms with Gasteiger partial charge in [0.25, 0.3) is 5.91 Å². The molecule has 2 aromatic rings. The van der Waals surface area contributed by atoms with Crippen molar-refractivity contribution in [1.29, 1.82) is 0 Å². The summed E-state index contributed by atoms with van der Waals surface area (Å²) in [5.41, 5.74) is 8.28. The maximum atomic E-state index is 12.8. The Morgan fingerprint density at radius 2 is 1.84 bits per heavy atom. The number of aryl methyl sites for hydroxylation is 2. The number of ether oxygens (including phenoxy) is 1. The van der Waals surface area contributed by atoms with Crippen LogP contribution in [0, 0.1) is 5.82 Å². The van der Waals surface area contributed by atoms with Crippen molar-refractivity contribution >= 4 is 28.9 Å². The second kappa shape index (κ2) is 7.94. The fourth-order valence-electron chi connectivity index (χ4n) is 2.64. The zero-order valence-corrected chi connectivity index (χ0v) is 14.3. The Bertz CT molecular complexity index is 780. The molecular weight excluding hydrogens is 341 g/mol. The molecule has 25 heavy (non-hydrogen) atoms. The van der Waals surface area contributed by atoms with Crippen LogP contribution in [0.15, 0.2) is 42.5 Å². The van der Waals surface area contributed by atoms with Crippen LogP contribution < -0.4 is 20.9 Å². The van der Waals surface area contributed by atoms with Crippen LogP contribution in [0.25, 0.3) is 0 Å². The lowest BCUT2D eigenvalue weighted by Gasteiger charge is -2.12. The van der Waals surface area contributed by atoms with Gasteiger partial charge >= 0.3 is 0 Å². The molecule has 5 nitrogen and oxygen atoms in total. The Labute approximate surface area is 150 Å².